The number of hydrogen-bond donors (Lipinski definition) is 1. The van der Waals surface area contributed by atoms with E-state index in [-0.39, 0.29) is 11.4 Å². The number of rotatable bonds is 5. The highest BCUT2D eigenvalue weighted by molar-refractivity contribution is 9.10. The third-order valence-corrected chi connectivity index (χ3v) is 6.35. The lowest BCUT2D eigenvalue weighted by atomic mass is 10.0. The van der Waals surface area contributed by atoms with Gasteiger partial charge in [-0.1, -0.05) is 42.5 Å². The van der Waals surface area contributed by atoms with E-state index < -0.39 is 17.1 Å². The van der Waals surface area contributed by atoms with Crippen LogP contribution >= 0.6 is 27.7 Å². The van der Waals surface area contributed by atoms with Crippen molar-refractivity contribution in [2.24, 2.45) is 0 Å². The molecule has 0 aliphatic carbocycles. The molecule has 6 nitrogen and oxygen atoms in total. The fourth-order valence-corrected chi connectivity index (χ4v) is 4.49. The average Bonchev–Trinajstić information content (AvgIpc) is 3.03. The third-order valence-electron chi connectivity index (χ3n) is 4.75. The number of amides is 3. The van der Waals surface area contributed by atoms with Gasteiger partial charge in [0.15, 0.2) is 0 Å². The molecule has 1 aliphatic heterocycles. The number of carbonyl (C=O) groups excluding carboxylic acids is 3. The molecule has 156 valence electrons. The van der Waals surface area contributed by atoms with Gasteiger partial charge < -0.3 is 10.1 Å². The molecule has 1 fully saturated rings. The number of fused-ring (bicyclic) bond motifs is 1. The van der Waals surface area contributed by atoms with Crippen molar-refractivity contribution < 1.29 is 19.1 Å². The van der Waals surface area contributed by atoms with E-state index in [9.17, 15) is 14.4 Å². The highest BCUT2D eigenvalue weighted by Crippen LogP contribution is 2.35. The van der Waals surface area contributed by atoms with Crippen molar-refractivity contribution in [2.75, 3.05) is 19.0 Å². The largest absolute Gasteiger partial charge is 0.496 e. The molecule has 1 N–H and O–H groups in total. The zero-order valence-electron chi connectivity index (χ0n) is 16.4. The number of anilines is 1. The lowest BCUT2D eigenvalue weighted by molar-refractivity contribution is -0.127. The molecule has 0 aromatic heterocycles. The number of ether oxygens (including phenoxy) is 1. The highest BCUT2D eigenvalue weighted by atomic mass is 79.9. The Labute approximate surface area is 191 Å². The van der Waals surface area contributed by atoms with Gasteiger partial charge in [0.2, 0.25) is 5.91 Å². The number of imide groups is 1. The summed E-state index contributed by atoms with van der Waals surface area (Å²) >= 11 is 4.18. The highest BCUT2D eigenvalue weighted by Gasteiger charge is 2.36. The Balaban J connectivity index is 1.56. The van der Waals surface area contributed by atoms with Crippen LogP contribution in [0.2, 0.25) is 0 Å². The molecule has 1 heterocycles. The molecule has 1 saturated heterocycles. The maximum atomic E-state index is 12.8. The lowest BCUT2D eigenvalue weighted by Crippen LogP contribution is -2.36. The van der Waals surface area contributed by atoms with Crippen molar-refractivity contribution in [3.05, 3.63) is 75.6 Å². The van der Waals surface area contributed by atoms with Crippen LogP contribution < -0.4 is 10.1 Å². The van der Waals surface area contributed by atoms with Crippen LogP contribution in [0.25, 0.3) is 16.8 Å². The molecule has 0 bridgehead atoms. The molecular weight excluding hydrogens is 480 g/mol. The minimum absolute atomic E-state index is 0.272. The average molecular weight is 497 g/mol. The van der Waals surface area contributed by atoms with Crippen LogP contribution in [0.1, 0.15) is 5.56 Å². The Morgan fingerprint density at radius 3 is 2.52 bits per heavy atom. The number of nitrogens with one attached hydrogen (secondary N) is 1. The van der Waals surface area contributed by atoms with E-state index in [0.29, 0.717) is 10.2 Å². The second-order valence-electron chi connectivity index (χ2n) is 6.70. The van der Waals surface area contributed by atoms with Gasteiger partial charge in [0.1, 0.15) is 12.3 Å². The first-order valence-corrected chi connectivity index (χ1v) is 10.9. The first-order chi connectivity index (χ1) is 15.0. The first kappa shape index (κ1) is 21.1. The van der Waals surface area contributed by atoms with Crippen molar-refractivity contribution in [3.63, 3.8) is 0 Å². The second kappa shape index (κ2) is 8.95. The molecule has 0 unspecified atom stereocenters. The Kier molecular flexibility index (Phi) is 6.11. The number of methoxy groups -OCH3 is 1. The predicted molar refractivity (Wildman–Crippen MR) is 126 cm³/mol. The van der Waals surface area contributed by atoms with Crippen molar-refractivity contribution in [1.82, 2.24) is 4.90 Å². The standard InChI is InChI=1S/C23H17BrN2O4S/c1-30-19-11-10-14(15-6-2-3-7-16(15)19)12-20-22(28)26(23(29)31-20)13-21(27)25-18-9-5-4-8-17(18)24/h2-12H,13H2,1H3,(H,25,27)/b20-12+. The molecule has 1 aliphatic rings. The number of nitrogens with zero attached hydrogens (tertiary/aromatic N) is 1. The Morgan fingerprint density at radius 2 is 1.77 bits per heavy atom. The SMILES string of the molecule is COc1ccc(/C=C2/SC(=O)N(CC(=O)Nc3ccccc3Br)C2=O)c2ccccc12. The van der Waals surface area contributed by atoms with Crippen LogP contribution in [0.4, 0.5) is 10.5 Å². The van der Waals surface area contributed by atoms with Gasteiger partial charge in [0, 0.05) is 9.86 Å². The summed E-state index contributed by atoms with van der Waals surface area (Å²) in [6.07, 6.45) is 1.68. The zero-order chi connectivity index (χ0) is 22.0. The van der Waals surface area contributed by atoms with Gasteiger partial charge >= 0.3 is 0 Å². The van der Waals surface area contributed by atoms with E-state index in [0.717, 1.165) is 38.7 Å². The minimum atomic E-state index is -0.489. The van der Waals surface area contributed by atoms with E-state index >= 15 is 0 Å². The fourth-order valence-electron chi connectivity index (χ4n) is 3.27. The fraction of sp³-hybridized carbons (Fsp3) is 0.0870. The van der Waals surface area contributed by atoms with Gasteiger partial charge in [-0.25, -0.2) is 0 Å². The molecule has 3 amide bonds. The Hall–Kier alpha value is -3.10. The van der Waals surface area contributed by atoms with E-state index in [2.05, 4.69) is 21.2 Å². The van der Waals surface area contributed by atoms with Crippen molar-refractivity contribution in [2.45, 2.75) is 0 Å². The van der Waals surface area contributed by atoms with Gasteiger partial charge in [-0.15, -0.1) is 0 Å². The quantitative estimate of drug-likeness (QED) is 0.485. The Bertz CT molecular complexity index is 1240. The molecule has 0 atom stereocenters. The molecule has 31 heavy (non-hydrogen) atoms. The van der Waals surface area contributed by atoms with Crippen molar-refractivity contribution in [1.29, 1.82) is 0 Å². The minimum Gasteiger partial charge on any atom is -0.496 e. The predicted octanol–water partition coefficient (Wildman–Crippen LogP) is 5.29. The summed E-state index contributed by atoms with van der Waals surface area (Å²) in [5.41, 5.74) is 1.36. The summed E-state index contributed by atoms with van der Waals surface area (Å²) in [5, 5.41) is 4.04. The number of halogens is 1. The number of carbonyl (C=O) groups is 3. The zero-order valence-corrected chi connectivity index (χ0v) is 18.8. The van der Waals surface area contributed by atoms with E-state index in [1.54, 1.807) is 31.4 Å². The van der Waals surface area contributed by atoms with Gasteiger partial charge in [-0.05, 0) is 62.9 Å². The monoisotopic (exact) mass is 496 g/mol. The van der Waals surface area contributed by atoms with Crippen molar-refractivity contribution >= 4 is 67.3 Å². The van der Waals surface area contributed by atoms with Crippen LogP contribution in [0.3, 0.4) is 0 Å². The van der Waals surface area contributed by atoms with Crippen LogP contribution in [0.5, 0.6) is 5.75 Å². The topological polar surface area (TPSA) is 75.7 Å². The maximum absolute atomic E-state index is 12.8. The molecule has 0 spiro atoms. The van der Waals surface area contributed by atoms with Crippen LogP contribution in [-0.2, 0) is 9.59 Å². The number of benzene rings is 3. The summed E-state index contributed by atoms with van der Waals surface area (Å²) < 4.78 is 6.12. The van der Waals surface area contributed by atoms with Gasteiger partial charge in [-0.3, -0.25) is 19.3 Å². The van der Waals surface area contributed by atoms with Crippen LogP contribution in [0.15, 0.2) is 70.0 Å². The number of hydrogen-bond acceptors (Lipinski definition) is 5. The smallest absolute Gasteiger partial charge is 0.294 e. The summed E-state index contributed by atoms with van der Waals surface area (Å²) in [4.78, 5) is 38.9. The number of thioether (sulfide) groups is 1. The van der Waals surface area contributed by atoms with Crippen LogP contribution in [-0.4, -0.2) is 35.6 Å². The van der Waals surface area contributed by atoms with Gasteiger partial charge in [0.25, 0.3) is 11.1 Å². The molecule has 0 radical (unpaired) electrons. The summed E-state index contributed by atoms with van der Waals surface area (Å²) in [6, 6.07) is 18.5. The summed E-state index contributed by atoms with van der Waals surface area (Å²) in [5.74, 6) is -0.216. The molecular formula is C23H17BrN2O4S. The van der Waals surface area contributed by atoms with E-state index in [1.807, 2.05) is 42.5 Å². The number of para-hydroxylation sites is 1. The molecule has 3 aromatic rings. The van der Waals surface area contributed by atoms with Crippen molar-refractivity contribution in [3.8, 4) is 5.75 Å². The first-order valence-electron chi connectivity index (χ1n) is 9.33. The molecule has 4 rings (SSSR count). The molecule has 0 saturated carbocycles. The van der Waals surface area contributed by atoms with Crippen LogP contribution in [0, 0.1) is 0 Å². The Morgan fingerprint density at radius 1 is 1.06 bits per heavy atom. The molecule has 8 heteroatoms. The van der Waals surface area contributed by atoms with Gasteiger partial charge in [-0.2, -0.15) is 0 Å². The van der Waals surface area contributed by atoms with E-state index in [1.165, 1.54) is 0 Å². The van der Waals surface area contributed by atoms with E-state index in [4.69, 9.17) is 4.74 Å². The third kappa shape index (κ3) is 4.35. The summed E-state index contributed by atoms with van der Waals surface area (Å²) in [6.45, 7) is -0.354. The lowest BCUT2D eigenvalue weighted by Gasteiger charge is -2.13. The molecule has 3 aromatic carbocycles. The second-order valence-corrected chi connectivity index (χ2v) is 8.55. The normalized spacial score (nSPS) is 15.0. The maximum Gasteiger partial charge on any atom is 0.294 e. The summed E-state index contributed by atoms with van der Waals surface area (Å²) in [7, 11) is 1.60. The van der Waals surface area contributed by atoms with Gasteiger partial charge in [0.05, 0.1) is 17.7 Å².